The standard InChI is InChI=1S/C13H12O4S/c1-17-12-4-2-3-11(9-12)10-5-7-13(8-6-10)18(14,15)16/h2-9H,1H3,(H,14,15,16)/p-1. The first-order chi connectivity index (χ1) is 8.50. The van der Waals surface area contributed by atoms with Crippen LogP contribution in [-0.4, -0.2) is 20.1 Å². The van der Waals surface area contributed by atoms with Gasteiger partial charge in [0.25, 0.3) is 0 Å². The van der Waals surface area contributed by atoms with Crippen molar-refractivity contribution in [2.24, 2.45) is 0 Å². The lowest BCUT2D eigenvalue weighted by atomic mass is 10.1. The van der Waals surface area contributed by atoms with Gasteiger partial charge < -0.3 is 9.29 Å². The quantitative estimate of drug-likeness (QED) is 0.797. The molecule has 0 aliphatic heterocycles. The van der Waals surface area contributed by atoms with Crippen molar-refractivity contribution in [3.05, 3.63) is 48.5 Å². The van der Waals surface area contributed by atoms with E-state index in [-0.39, 0.29) is 4.90 Å². The van der Waals surface area contributed by atoms with E-state index in [2.05, 4.69) is 0 Å². The summed E-state index contributed by atoms with van der Waals surface area (Å²) >= 11 is 0. The molecule has 0 spiro atoms. The van der Waals surface area contributed by atoms with Crippen molar-refractivity contribution < 1.29 is 17.7 Å². The molecule has 0 aromatic heterocycles. The summed E-state index contributed by atoms with van der Waals surface area (Å²) in [6.07, 6.45) is 0. The summed E-state index contributed by atoms with van der Waals surface area (Å²) < 4.78 is 37.5. The minimum absolute atomic E-state index is 0.228. The van der Waals surface area contributed by atoms with Gasteiger partial charge in [-0.2, -0.15) is 0 Å². The Bertz CT molecular complexity index is 645. The summed E-state index contributed by atoms with van der Waals surface area (Å²) in [6, 6.07) is 13.2. The van der Waals surface area contributed by atoms with E-state index >= 15 is 0 Å². The van der Waals surface area contributed by atoms with E-state index in [1.54, 1.807) is 19.2 Å². The molecule has 18 heavy (non-hydrogen) atoms. The molecule has 0 bridgehead atoms. The molecule has 2 rings (SSSR count). The molecule has 0 aliphatic carbocycles. The highest BCUT2D eigenvalue weighted by Crippen LogP contribution is 2.24. The fourth-order valence-corrected chi connectivity index (χ4v) is 2.09. The highest BCUT2D eigenvalue weighted by molar-refractivity contribution is 7.85. The van der Waals surface area contributed by atoms with E-state index in [0.717, 1.165) is 11.1 Å². The molecule has 0 saturated heterocycles. The number of rotatable bonds is 3. The van der Waals surface area contributed by atoms with Crippen molar-refractivity contribution in [3.8, 4) is 16.9 Å². The Hall–Kier alpha value is -1.85. The topological polar surface area (TPSA) is 66.4 Å². The monoisotopic (exact) mass is 263 g/mol. The zero-order chi connectivity index (χ0) is 13.2. The number of methoxy groups -OCH3 is 1. The molecule has 0 saturated carbocycles. The Morgan fingerprint density at radius 3 is 2.22 bits per heavy atom. The number of ether oxygens (including phenoxy) is 1. The van der Waals surface area contributed by atoms with Crippen LogP contribution in [0.5, 0.6) is 5.75 Å². The van der Waals surface area contributed by atoms with Crippen molar-refractivity contribution in [2.75, 3.05) is 7.11 Å². The second-order valence-corrected chi connectivity index (χ2v) is 5.09. The van der Waals surface area contributed by atoms with Crippen molar-refractivity contribution in [1.29, 1.82) is 0 Å². The van der Waals surface area contributed by atoms with Crippen LogP contribution in [0.1, 0.15) is 0 Å². The zero-order valence-corrected chi connectivity index (χ0v) is 10.5. The number of hydrogen-bond acceptors (Lipinski definition) is 4. The predicted octanol–water partition coefficient (Wildman–Crippen LogP) is 2.27. The third kappa shape index (κ3) is 2.69. The fraction of sp³-hybridized carbons (Fsp3) is 0.0769. The maximum absolute atomic E-state index is 10.8. The molecule has 0 unspecified atom stereocenters. The summed E-state index contributed by atoms with van der Waals surface area (Å²) in [4.78, 5) is -0.228. The van der Waals surface area contributed by atoms with E-state index in [1.807, 2.05) is 24.3 Å². The lowest BCUT2D eigenvalue weighted by Crippen LogP contribution is -1.97. The Balaban J connectivity index is 2.40. The SMILES string of the molecule is COc1cccc(-c2ccc(S(=O)(=O)[O-])cc2)c1. The molecule has 0 atom stereocenters. The Morgan fingerprint density at radius 1 is 1.00 bits per heavy atom. The second-order valence-electron chi connectivity index (χ2n) is 3.71. The summed E-state index contributed by atoms with van der Waals surface area (Å²) in [5, 5.41) is 0. The van der Waals surface area contributed by atoms with Crippen LogP contribution < -0.4 is 4.74 Å². The van der Waals surface area contributed by atoms with Crippen molar-refractivity contribution in [3.63, 3.8) is 0 Å². The number of benzene rings is 2. The molecule has 0 fully saturated rings. The normalized spacial score (nSPS) is 11.2. The molecular formula is C13H11O4S-. The highest BCUT2D eigenvalue weighted by Gasteiger charge is 2.03. The summed E-state index contributed by atoms with van der Waals surface area (Å²) in [6.45, 7) is 0. The second kappa shape index (κ2) is 4.80. The minimum atomic E-state index is -4.39. The molecule has 2 aromatic carbocycles. The third-order valence-electron chi connectivity index (χ3n) is 2.55. The Morgan fingerprint density at radius 2 is 1.67 bits per heavy atom. The molecule has 4 nitrogen and oxygen atoms in total. The molecule has 2 aromatic rings. The van der Waals surface area contributed by atoms with Crippen LogP contribution in [-0.2, 0) is 10.1 Å². The van der Waals surface area contributed by atoms with Crippen LogP contribution in [0.4, 0.5) is 0 Å². The molecule has 94 valence electrons. The fourth-order valence-electron chi connectivity index (χ4n) is 1.62. The van der Waals surface area contributed by atoms with Gasteiger partial charge in [-0.15, -0.1) is 0 Å². The Labute approximate surface area is 106 Å². The minimum Gasteiger partial charge on any atom is -0.744 e. The largest absolute Gasteiger partial charge is 0.744 e. The molecule has 0 aliphatic rings. The molecule has 0 heterocycles. The van der Waals surface area contributed by atoms with Gasteiger partial charge in [-0.1, -0.05) is 24.3 Å². The lowest BCUT2D eigenvalue weighted by Gasteiger charge is -2.08. The lowest BCUT2D eigenvalue weighted by molar-refractivity contribution is 0.415. The van der Waals surface area contributed by atoms with Gasteiger partial charge in [-0.05, 0) is 35.4 Å². The van der Waals surface area contributed by atoms with Gasteiger partial charge in [0.05, 0.1) is 12.0 Å². The van der Waals surface area contributed by atoms with E-state index in [4.69, 9.17) is 4.74 Å². The van der Waals surface area contributed by atoms with E-state index in [1.165, 1.54) is 12.1 Å². The van der Waals surface area contributed by atoms with Crippen LogP contribution in [0, 0.1) is 0 Å². The van der Waals surface area contributed by atoms with Gasteiger partial charge in [-0.25, -0.2) is 8.42 Å². The first-order valence-electron chi connectivity index (χ1n) is 5.21. The average Bonchev–Trinajstić information content (AvgIpc) is 2.38. The summed E-state index contributed by atoms with van der Waals surface area (Å²) in [5.41, 5.74) is 1.71. The molecule has 5 heteroatoms. The maximum atomic E-state index is 10.8. The molecule has 0 amide bonds. The number of hydrogen-bond donors (Lipinski definition) is 0. The smallest absolute Gasteiger partial charge is 0.124 e. The van der Waals surface area contributed by atoms with Gasteiger partial charge in [0, 0.05) is 0 Å². The average molecular weight is 263 g/mol. The van der Waals surface area contributed by atoms with Crippen molar-refractivity contribution in [1.82, 2.24) is 0 Å². The van der Waals surface area contributed by atoms with Crippen LogP contribution in [0.25, 0.3) is 11.1 Å². The maximum Gasteiger partial charge on any atom is 0.124 e. The van der Waals surface area contributed by atoms with Crippen LogP contribution in [0.15, 0.2) is 53.4 Å². The van der Waals surface area contributed by atoms with Crippen LogP contribution >= 0.6 is 0 Å². The van der Waals surface area contributed by atoms with E-state index in [0.29, 0.717) is 5.75 Å². The first-order valence-corrected chi connectivity index (χ1v) is 6.62. The molecular weight excluding hydrogens is 252 g/mol. The van der Waals surface area contributed by atoms with Gasteiger partial charge >= 0.3 is 0 Å². The Kier molecular flexibility index (Phi) is 3.36. The predicted molar refractivity (Wildman–Crippen MR) is 66.4 cm³/mol. The van der Waals surface area contributed by atoms with Gasteiger partial charge in [0.1, 0.15) is 15.9 Å². The molecule has 0 N–H and O–H groups in total. The third-order valence-corrected chi connectivity index (χ3v) is 3.40. The summed E-state index contributed by atoms with van der Waals surface area (Å²) in [7, 11) is -2.81. The van der Waals surface area contributed by atoms with Crippen LogP contribution in [0.3, 0.4) is 0 Å². The van der Waals surface area contributed by atoms with Gasteiger partial charge in [0.15, 0.2) is 0 Å². The van der Waals surface area contributed by atoms with E-state index < -0.39 is 10.1 Å². The zero-order valence-electron chi connectivity index (χ0n) is 9.66. The molecule has 0 radical (unpaired) electrons. The highest BCUT2D eigenvalue weighted by atomic mass is 32.2. The first kappa shape index (κ1) is 12.6. The van der Waals surface area contributed by atoms with Crippen LogP contribution in [0.2, 0.25) is 0 Å². The van der Waals surface area contributed by atoms with E-state index in [9.17, 15) is 13.0 Å². The van der Waals surface area contributed by atoms with Gasteiger partial charge in [-0.3, -0.25) is 0 Å². The van der Waals surface area contributed by atoms with Crippen molar-refractivity contribution in [2.45, 2.75) is 4.90 Å². The summed E-state index contributed by atoms with van der Waals surface area (Å²) in [5.74, 6) is 0.716. The van der Waals surface area contributed by atoms with Crippen molar-refractivity contribution >= 4 is 10.1 Å². The van der Waals surface area contributed by atoms with Gasteiger partial charge in [0.2, 0.25) is 0 Å².